The topological polar surface area (TPSA) is 78.5 Å². The van der Waals surface area contributed by atoms with Gasteiger partial charge >= 0.3 is 12.1 Å². The molecule has 0 radical (unpaired) electrons. The summed E-state index contributed by atoms with van der Waals surface area (Å²) in [7, 11) is 0. The molecule has 0 amide bonds. The number of para-hydroxylation sites is 2. The number of aromatic nitrogens is 4. The number of nitrogens with zero attached hydrogens (tertiary/aromatic N) is 4. The standard InChI is InChI=1S/C17H11F3N4O3S/c18-17(19,20)15-22-11-3-1-2-4-12(11)24(15)8-14(26)27-9-10-7-13(25)23-5-6-28-16(23)21-10/h1-7H,8-9H2. The van der Waals surface area contributed by atoms with Gasteiger partial charge in [-0.05, 0) is 12.1 Å². The zero-order valence-corrected chi connectivity index (χ0v) is 14.8. The van der Waals surface area contributed by atoms with Crippen LogP contribution in [-0.2, 0) is 28.9 Å². The van der Waals surface area contributed by atoms with Crippen LogP contribution in [0.4, 0.5) is 13.2 Å². The predicted molar refractivity (Wildman–Crippen MR) is 93.9 cm³/mol. The van der Waals surface area contributed by atoms with Gasteiger partial charge in [0, 0.05) is 17.6 Å². The molecule has 3 heterocycles. The SMILES string of the molecule is O=C(Cn1c(C(F)(F)F)nc2ccccc21)OCc1cc(=O)n2ccsc2n1. The second kappa shape index (κ2) is 6.75. The van der Waals surface area contributed by atoms with Gasteiger partial charge in [0.25, 0.3) is 5.56 Å². The van der Waals surface area contributed by atoms with Crippen molar-refractivity contribution in [2.75, 3.05) is 0 Å². The van der Waals surface area contributed by atoms with Crippen molar-refractivity contribution < 1.29 is 22.7 Å². The molecule has 4 rings (SSSR count). The molecule has 4 aromatic rings. The molecular weight excluding hydrogens is 397 g/mol. The van der Waals surface area contributed by atoms with Crippen LogP contribution in [0.25, 0.3) is 16.0 Å². The first kappa shape index (κ1) is 18.2. The molecule has 0 unspecified atom stereocenters. The fraction of sp³-hybridized carbons (Fsp3) is 0.176. The van der Waals surface area contributed by atoms with Gasteiger partial charge in [0.2, 0.25) is 5.82 Å². The zero-order valence-electron chi connectivity index (χ0n) is 14.0. The molecule has 0 aliphatic carbocycles. The Morgan fingerprint density at radius 2 is 2.00 bits per heavy atom. The van der Waals surface area contributed by atoms with Crippen molar-refractivity contribution in [2.24, 2.45) is 0 Å². The van der Waals surface area contributed by atoms with E-state index in [9.17, 15) is 22.8 Å². The molecule has 0 aliphatic rings. The summed E-state index contributed by atoms with van der Waals surface area (Å²) < 4.78 is 46.9. The third-order valence-corrected chi connectivity index (χ3v) is 4.69. The quantitative estimate of drug-likeness (QED) is 0.485. The molecule has 1 aromatic carbocycles. The number of carbonyl (C=O) groups is 1. The highest BCUT2D eigenvalue weighted by Gasteiger charge is 2.38. The summed E-state index contributed by atoms with van der Waals surface area (Å²) in [6, 6.07) is 7.20. The van der Waals surface area contributed by atoms with E-state index in [1.165, 1.54) is 33.9 Å². The number of carbonyl (C=O) groups excluding carboxylic acids is 1. The van der Waals surface area contributed by atoms with E-state index >= 15 is 0 Å². The zero-order chi connectivity index (χ0) is 19.9. The molecule has 3 aromatic heterocycles. The van der Waals surface area contributed by atoms with Crippen LogP contribution in [0.3, 0.4) is 0 Å². The third-order valence-electron chi connectivity index (χ3n) is 3.93. The average molecular weight is 408 g/mol. The lowest BCUT2D eigenvalue weighted by Gasteiger charge is -2.11. The Balaban J connectivity index is 1.56. The molecule has 28 heavy (non-hydrogen) atoms. The van der Waals surface area contributed by atoms with Crippen LogP contribution in [0.5, 0.6) is 0 Å². The smallest absolute Gasteiger partial charge is 0.449 e. The highest BCUT2D eigenvalue weighted by Crippen LogP contribution is 2.31. The number of esters is 1. The van der Waals surface area contributed by atoms with Crippen LogP contribution in [0, 0.1) is 0 Å². The largest absolute Gasteiger partial charge is 0.458 e. The number of thiazole rings is 1. The van der Waals surface area contributed by atoms with Crippen LogP contribution < -0.4 is 5.56 Å². The fourth-order valence-electron chi connectivity index (χ4n) is 2.74. The predicted octanol–water partition coefficient (Wildman–Crippen LogP) is 2.87. The van der Waals surface area contributed by atoms with Crippen LogP contribution in [-0.4, -0.2) is 24.9 Å². The highest BCUT2D eigenvalue weighted by atomic mass is 32.1. The maximum atomic E-state index is 13.3. The molecule has 144 valence electrons. The Kier molecular flexibility index (Phi) is 4.38. The summed E-state index contributed by atoms with van der Waals surface area (Å²) >= 11 is 1.23. The van der Waals surface area contributed by atoms with Gasteiger partial charge in [-0.25, -0.2) is 9.97 Å². The van der Waals surface area contributed by atoms with Gasteiger partial charge in [0.05, 0.1) is 16.7 Å². The second-order valence-electron chi connectivity index (χ2n) is 5.81. The van der Waals surface area contributed by atoms with Crippen LogP contribution in [0.15, 0.2) is 46.7 Å². The van der Waals surface area contributed by atoms with Crippen molar-refractivity contribution in [1.29, 1.82) is 0 Å². The number of hydrogen-bond acceptors (Lipinski definition) is 6. The summed E-state index contributed by atoms with van der Waals surface area (Å²) in [5.41, 5.74) is 0.174. The summed E-state index contributed by atoms with van der Waals surface area (Å²) in [6.07, 6.45) is -3.16. The molecule has 0 aliphatic heterocycles. The van der Waals surface area contributed by atoms with Gasteiger partial charge in [-0.15, -0.1) is 11.3 Å². The summed E-state index contributed by atoms with van der Waals surface area (Å²) in [6.45, 7) is -0.994. The number of ether oxygens (including phenoxy) is 1. The van der Waals surface area contributed by atoms with E-state index < -0.39 is 24.5 Å². The lowest BCUT2D eigenvalue weighted by Crippen LogP contribution is -2.21. The number of fused-ring (bicyclic) bond motifs is 2. The van der Waals surface area contributed by atoms with E-state index in [-0.39, 0.29) is 28.9 Å². The van der Waals surface area contributed by atoms with Gasteiger partial charge in [-0.3, -0.25) is 14.0 Å². The first-order valence-electron chi connectivity index (χ1n) is 7.97. The minimum Gasteiger partial charge on any atom is -0.458 e. The minimum atomic E-state index is -4.72. The Bertz CT molecular complexity index is 1240. The van der Waals surface area contributed by atoms with Gasteiger partial charge in [-0.2, -0.15) is 13.2 Å². The number of rotatable bonds is 4. The van der Waals surface area contributed by atoms with Crippen molar-refractivity contribution in [1.82, 2.24) is 18.9 Å². The van der Waals surface area contributed by atoms with Crippen LogP contribution >= 0.6 is 11.3 Å². The lowest BCUT2D eigenvalue weighted by atomic mass is 10.3. The van der Waals surface area contributed by atoms with E-state index in [4.69, 9.17) is 4.74 Å². The second-order valence-corrected chi connectivity index (χ2v) is 6.68. The van der Waals surface area contributed by atoms with E-state index in [1.807, 2.05) is 0 Å². The number of alkyl halides is 3. The number of benzene rings is 1. The monoisotopic (exact) mass is 408 g/mol. The molecule has 0 fully saturated rings. The van der Waals surface area contributed by atoms with Crippen molar-refractivity contribution in [3.05, 3.63) is 63.8 Å². The summed E-state index contributed by atoms with van der Waals surface area (Å²) in [5.74, 6) is -2.08. The Morgan fingerprint density at radius 1 is 1.21 bits per heavy atom. The highest BCUT2D eigenvalue weighted by molar-refractivity contribution is 7.15. The van der Waals surface area contributed by atoms with Crippen molar-refractivity contribution in [2.45, 2.75) is 19.3 Å². The summed E-state index contributed by atoms with van der Waals surface area (Å²) in [4.78, 5) is 32.2. The Morgan fingerprint density at radius 3 is 2.79 bits per heavy atom. The van der Waals surface area contributed by atoms with Crippen molar-refractivity contribution >= 4 is 33.3 Å². The van der Waals surface area contributed by atoms with Crippen molar-refractivity contribution in [3.63, 3.8) is 0 Å². The Labute approximate surface area is 158 Å². The van der Waals surface area contributed by atoms with Crippen LogP contribution in [0.2, 0.25) is 0 Å². The molecule has 7 nitrogen and oxygen atoms in total. The van der Waals surface area contributed by atoms with Crippen LogP contribution in [0.1, 0.15) is 11.5 Å². The molecule has 0 N–H and O–H groups in total. The maximum absolute atomic E-state index is 13.3. The minimum absolute atomic E-state index is 0.125. The first-order valence-corrected chi connectivity index (χ1v) is 8.85. The number of hydrogen-bond donors (Lipinski definition) is 0. The van der Waals surface area contributed by atoms with E-state index in [0.717, 1.165) is 4.57 Å². The van der Waals surface area contributed by atoms with E-state index in [1.54, 1.807) is 23.7 Å². The summed E-state index contributed by atoms with van der Waals surface area (Å²) in [5, 5.41) is 1.68. The molecule has 0 bridgehead atoms. The van der Waals surface area contributed by atoms with Gasteiger partial charge in [-0.1, -0.05) is 12.1 Å². The third kappa shape index (κ3) is 3.36. The van der Waals surface area contributed by atoms with Crippen molar-refractivity contribution in [3.8, 4) is 0 Å². The molecule has 11 heteroatoms. The number of halogens is 3. The maximum Gasteiger partial charge on any atom is 0.449 e. The lowest BCUT2D eigenvalue weighted by molar-refractivity contribution is -0.151. The van der Waals surface area contributed by atoms with Gasteiger partial charge in [0.15, 0.2) is 4.96 Å². The average Bonchev–Trinajstić information content (AvgIpc) is 3.25. The molecule has 0 spiro atoms. The Hall–Kier alpha value is -3.21. The molecular formula is C17H11F3N4O3S. The fourth-order valence-corrected chi connectivity index (χ4v) is 3.48. The van der Waals surface area contributed by atoms with Gasteiger partial charge in [0.1, 0.15) is 13.2 Å². The first-order chi connectivity index (χ1) is 13.3. The van der Waals surface area contributed by atoms with E-state index in [2.05, 4.69) is 9.97 Å². The number of imidazole rings is 1. The normalized spacial score (nSPS) is 12.0. The molecule has 0 atom stereocenters. The van der Waals surface area contributed by atoms with Gasteiger partial charge < -0.3 is 9.30 Å². The molecule has 0 saturated carbocycles. The van der Waals surface area contributed by atoms with E-state index in [0.29, 0.717) is 4.96 Å². The molecule has 0 saturated heterocycles.